The lowest BCUT2D eigenvalue weighted by molar-refractivity contribution is -0.119. The van der Waals surface area contributed by atoms with Gasteiger partial charge in [0.25, 0.3) is 0 Å². The number of amides is 1. The molecule has 1 aromatic heterocycles. The van der Waals surface area contributed by atoms with Crippen LogP contribution >= 0.6 is 35.0 Å². The van der Waals surface area contributed by atoms with E-state index < -0.39 is 0 Å². The van der Waals surface area contributed by atoms with Crippen LogP contribution in [0.3, 0.4) is 0 Å². The highest BCUT2D eigenvalue weighted by atomic mass is 35.5. The van der Waals surface area contributed by atoms with Crippen LogP contribution in [0.2, 0.25) is 10.0 Å². The van der Waals surface area contributed by atoms with Crippen molar-refractivity contribution in [1.29, 1.82) is 0 Å². The highest BCUT2D eigenvalue weighted by Gasteiger charge is 2.17. The minimum atomic E-state index is -0.151. The lowest BCUT2D eigenvalue weighted by atomic mass is 10.2. The van der Waals surface area contributed by atoms with Crippen LogP contribution in [0.25, 0.3) is 5.69 Å². The van der Waals surface area contributed by atoms with Gasteiger partial charge in [0.1, 0.15) is 5.75 Å². The zero-order valence-electron chi connectivity index (χ0n) is 15.3. The Hall–Kier alpha value is -2.22. The maximum Gasteiger partial charge on any atom is 0.217 e. The van der Waals surface area contributed by atoms with Crippen molar-refractivity contribution < 1.29 is 9.53 Å². The number of hydrogen-bond acceptors (Lipinski definition) is 5. The summed E-state index contributed by atoms with van der Waals surface area (Å²) < 4.78 is 7.11. The van der Waals surface area contributed by atoms with Crippen LogP contribution < -0.4 is 10.1 Å². The van der Waals surface area contributed by atoms with Gasteiger partial charge >= 0.3 is 0 Å². The number of thioether (sulfide) groups is 1. The molecule has 3 aromatic rings. The largest absolute Gasteiger partial charge is 0.497 e. The van der Waals surface area contributed by atoms with Crippen molar-refractivity contribution in [2.75, 3.05) is 7.11 Å². The van der Waals surface area contributed by atoms with E-state index in [1.54, 1.807) is 25.3 Å². The lowest BCUT2D eigenvalue weighted by Crippen LogP contribution is -2.21. The monoisotopic (exact) mass is 436 g/mol. The SMILES string of the molecule is COc1cccc(CSc2nnc(CNC(C)=O)n2-c2ccc(Cl)cc2Cl)c1. The van der Waals surface area contributed by atoms with Gasteiger partial charge < -0.3 is 10.1 Å². The third-order valence-electron chi connectivity index (χ3n) is 3.85. The number of methoxy groups -OCH3 is 1. The average molecular weight is 437 g/mol. The fourth-order valence-electron chi connectivity index (χ4n) is 2.53. The Morgan fingerprint density at radius 1 is 1.21 bits per heavy atom. The standard InChI is InChI=1S/C19H18Cl2N4O2S/c1-12(26)22-10-18-23-24-19(25(18)17-7-6-14(20)9-16(17)21)28-11-13-4-3-5-15(8-13)27-2/h3-9H,10-11H2,1-2H3,(H,22,26). The number of aromatic nitrogens is 3. The molecule has 1 amide bonds. The van der Waals surface area contributed by atoms with Crippen molar-refractivity contribution in [1.82, 2.24) is 20.1 Å². The molecule has 0 radical (unpaired) electrons. The lowest BCUT2D eigenvalue weighted by Gasteiger charge is -2.12. The van der Waals surface area contributed by atoms with Crippen molar-refractivity contribution in [2.45, 2.75) is 24.4 Å². The minimum Gasteiger partial charge on any atom is -0.497 e. The Balaban J connectivity index is 1.92. The topological polar surface area (TPSA) is 69.0 Å². The van der Waals surface area contributed by atoms with Gasteiger partial charge in [-0.2, -0.15) is 0 Å². The van der Waals surface area contributed by atoms with Gasteiger partial charge in [0.15, 0.2) is 11.0 Å². The Morgan fingerprint density at radius 3 is 2.75 bits per heavy atom. The number of benzene rings is 2. The number of nitrogens with one attached hydrogen (secondary N) is 1. The molecule has 28 heavy (non-hydrogen) atoms. The van der Waals surface area contributed by atoms with Gasteiger partial charge in [-0.1, -0.05) is 47.1 Å². The van der Waals surface area contributed by atoms with Crippen LogP contribution in [-0.4, -0.2) is 27.8 Å². The molecule has 0 unspecified atom stereocenters. The van der Waals surface area contributed by atoms with Gasteiger partial charge in [-0.3, -0.25) is 9.36 Å². The van der Waals surface area contributed by atoms with E-state index in [4.69, 9.17) is 27.9 Å². The summed E-state index contributed by atoms with van der Waals surface area (Å²) >= 11 is 14.0. The van der Waals surface area contributed by atoms with E-state index >= 15 is 0 Å². The van der Waals surface area contributed by atoms with Gasteiger partial charge in [0, 0.05) is 17.7 Å². The highest BCUT2D eigenvalue weighted by Crippen LogP contribution is 2.31. The van der Waals surface area contributed by atoms with Gasteiger partial charge in [-0.05, 0) is 35.9 Å². The molecule has 0 aliphatic heterocycles. The molecule has 0 fully saturated rings. The summed E-state index contributed by atoms with van der Waals surface area (Å²) in [6, 6.07) is 13.1. The molecule has 0 atom stereocenters. The first-order valence-electron chi connectivity index (χ1n) is 8.38. The van der Waals surface area contributed by atoms with Crippen molar-refractivity contribution in [3.8, 4) is 11.4 Å². The van der Waals surface area contributed by atoms with E-state index in [0.29, 0.717) is 32.5 Å². The van der Waals surface area contributed by atoms with Crippen LogP contribution in [0, 0.1) is 0 Å². The average Bonchev–Trinajstić information content (AvgIpc) is 3.07. The van der Waals surface area contributed by atoms with Crippen molar-refractivity contribution in [3.05, 3.63) is 63.9 Å². The molecular formula is C19H18Cl2N4O2S. The molecule has 0 saturated carbocycles. The van der Waals surface area contributed by atoms with E-state index in [1.165, 1.54) is 18.7 Å². The molecular weight excluding hydrogens is 419 g/mol. The second kappa shape index (κ2) is 9.32. The van der Waals surface area contributed by atoms with E-state index in [0.717, 1.165) is 11.3 Å². The third-order valence-corrected chi connectivity index (χ3v) is 5.39. The van der Waals surface area contributed by atoms with Crippen molar-refractivity contribution in [3.63, 3.8) is 0 Å². The molecule has 0 aliphatic carbocycles. The summed E-state index contributed by atoms with van der Waals surface area (Å²) in [5, 5.41) is 12.9. The number of carbonyl (C=O) groups is 1. The normalized spacial score (nSPS) is 10.7. The van der Waals surface area contributed by atoms with Crippen LogP contribution in [0.4, 0.5) is 0 Å². The summed E-state index contributed by atoms with van der Waals surface area (Å²) in [6.45, 7) is 1.69. The van der Waals surface area contributed by atoms with Crippen molar-refractivity contribution >= 4 is 40.9 Å². The number of nitrogens with zero attached hydrogens (tertiary/aromatic N) is 3. The third kappa shape index (κ3) is 4.98. The Bertz CT molecular complexity index is 994. The molecule has 1 N–H and O–H groups in total. The van der Waals surface area contributed by atoms with Gasteiger partial charge in [0.05, 0.1) is 24.4 Å². The molecule has 0 spiro atoms. The van der Waals surface area contributed by atoms with Crippen molar-refractivity contribution in [2.24, 2.45) is 0 Å². The second-order valence-electron chi connectivity index (χ2n) is 5.88. The molecule has 0 aliphatic rings. The summed E-state index contributed by atoms with van der Waals surface area (Å²) in [4.78, 5) is 11.3. The summed E-state index contributed by atoms with van der Waals surface area (Å²) in [5.41, 5.74) is 1.79. The summed E-state index contributed by atoms with van der Waals surface area (Å²) in [6.07, 6.45) is 0. The molecule has 2 aromatic carbocycles. The predicted octanol–water partition coefficient (Wildman–Crippen LogP) is 4.51. The molecule has 146 valence electrons. The molecule has 9 heteroatoms. The maximum atomic E-state index is 11.3. The number of carbonyl (C=O) groups excluding carboxylic acids is 1. The Kier molecular flexibility index (Phi) is 6.83. The Morgan fingerprint density at radius 2 is 2.04 bits per heavy atom. The highest BCUT2D eigenvalue weighted by molar-refractivity contribution is 7.98. The van der Waals surface area contributed by atoms with Crippen LogP contribution in [0.15, 0.2) is 47.6 Å². The fraction of sp³-hybridized carbons (Fsp3) is 0.211. The molecule has 6 nitrogen and oxygen atoms in total. The van der Waals surface area contributed by atoms with E-state index in [2.05, 4.69) is 15.5 Å². The van der Waals surface area contributed by atoms with E-state index in [9.17, 15) is 4.79 Å². The predicted molar refractivity (Wildman–Crippen MR) is 111 cm³/mol. The minimum absolute atomic E-state index is 0.151. The zero-order chi connectivity index (χ0) is 20.1. The molecule has 1 heterocycles. The number of halogens is 2. The van der Waals surface area contributed by atoms with Gasteiger partial charge in [0.2, 0.25) is 5.91 Å². The summed E-state index contributed by atoms with van der Waals surface area (Å²) in [5.74, 6) is 1.89. The van der Waals surface area contributed by atoms with Gasteiger partial charge in [-0.25, -0.2) is 0 Å². The molecule has 0 saturated heterocycles. The summed E-state index contributed by atoms with van der Waals surface area (Å²) in [7, 11) is 1.64. The zero-order valence-corrected chi connectivity index (χ0v) is 17.6. The molecule has 0 bridgehead atoms. The Labute approximate surface area is 177 Å². The first kappa shape index (κ1) is 20.5. The first-order chi connectivity index (χ1) is 13.5. The first-order valence-corrected chi connectivity index (χ1v) is 10.1. The van der Waals surface area contributed by atoms with Gasteiger partial charge in [-0.15, -0.1) is 10.2 Å². The molecule has 3 rings (SSSR count). The van der Waals surface area contributed by atoms with Crippen LogP contribution in [-0.2, 0) is 17.1 Å². The fourth-order valence-corrected chi connectivity index (χ4v) is 3.93. The van der Waals surface area contributed by atoms with Crippen LogP contribution in [0.5, 0.6) is 5.75 Å². The maximum absolute atomic E-state index is 11.3. The van der Waals surface area contributed by atoms with E-state index in [1.807, 2.05) is 28.8 Å². The number of rotatable bonds is 7. The number of hydrogen-bond donors (Lipinski definition) is 1. The van der Waals surface area contributed by atoms with E-state index in [-0.39, 0.29) is 12.5 Å². The smallest absolute Gasteiger partial charge is 0.217 e. The number of ether oxygens (including phenoxy) is 1. The van der Waals surface area contributed by atoms with Crippen LogP contribution in [0.1, 0.15) is 18.3 Å². The quantitative estimate of drug-likeness (QED) is 0.551. The second-order valence-corrected chi connectivity index (χ2v) is 7.67.